The van der Waals surface area contributed by atoms with Gasteiger partial charge in [0.1, 0.15) is 11.5 Å². The van der Waals surface area contributed by atoms with Crippen molar-refractivity contribution < 1.29 is 19.0 Å². The monoisotopic (exact) mass is 341 g/mol. The third-order valence-electron chi connectivity index (χ3n) is 3.59. The molecule has 0 heterocycles. The zero-order valence-electron chi connectivity index (χ0n) is 14.7. The van der Waals surface area contributed by atoms with Gasteiger partial charge in [-0.1, -0.05) is 18.2 Å². The lowest BCUT2D eigenvalue weighted by atomic mass is 10.1. The molecule has 2 aromatic carbocycles. The fourth-order valence-corrected chi connectivity index (χ4v) is 2.28. The highest BCUT2D eigenvalue weighted by Gasteiger charge is 2.06. The number of hydrogen-bond acceptors (Lipinski definition) is 4. The molecule has 25 heavy (non-hydrogen) atoms. The molecule has 2 aromatic rings. The predicted octanol–water partition coefficient (Wildman–Crippen LogP) is 3.89. The highest BCUT2D eigenvalue weighted by molar-refractivity contribution is 6.02. The van der Waals surface area contributed by atoms with Crippen LogP contribution in [0.3, 0.4) is 0 Å². The SMILES string of the molecule is CCOCc1ccccc1NC(=O)C=Cc1ccc(OC)cc1OC. The molecule has 0 spiro atoms. The van der Waals surface area contributed by atoms with Crippen LogP contribution in [0, 0.1) is 0 Å². The van der Waals surface area contributed by atoms with Crippen LogP contribution in [0.5, 0.6) is 11.5 Å². The van der Waals surface area contributed by atoms with Crippen molar-refractivity contribution in [2.75, 3.05) is 26.1 Å². The molecule has 1 amide bonds. The molecule has 2 rings (SSSR count). The van der Waals surface area contributed by atoms with Gasteiger partial charge in [0.2, 0.25) is 5.91 Å². The summed E-state index contributed by atoms with van der Waals surface area (Å²) in [5, 5.41) is 2.88. The summed E-state index contributed by atoms with van der Waals surface area (Å²) in [5.41, 5.74) is 2.47. The minimum Gasteiger partial charge on any atom is -0.497 e. The smallest absolute Gasteiger partial charge is 0.248 e. The van der Waals surface area contributed by atoms with Gasteiger partial charge in [-0.2, -0.15) is 0 Å². The van der Waals surface area contributed by atoms with Crippen molar-refractivity contribution >= 4 is 17.7 Å². The van der Waals surface area contributed by atoms with Crippen molar-refractivity contribution in [3.8, 4) is 11.5 Å². The van der Waals surface area contributed by atoms with Crippen molar-refractivity contribution in [3.05, 3.63) is 59.7 Å². The Morgan fingerprint density at radius 3 is 2.64 bits per heavy atom. The van der Waals surface area contributed by atoms with Gasteiger partial charge in [0, 0.05) is 35.6 Å². The number of rotatable bonds is 8. The van der Waals surface area contributed by atoms with E-state index in [0.29, 0.717) is 24.7 Å². The Balaban J connectivity index is 2.09. The van der Waals surface area contributed by atoms with E-state index in [0.717, 1.165) is 16.8 Å². The highest BCUT2D eigenvalue weighted by Crippen LogP contribution is 2.25. The molecule has 5 nitrogen and oxygen atoms in total. The van der Waals surface area contributed by atoms with Crippen LogP contribution in [0.25, 0.3) is 6.08 Å². The van der Waals surface area contributed by atoms with Crippen LogP contribution in [0.4, 0.5) is 5.69 Å². The van der Waals surface area contributed by atoms with E-state index in [4.69, 9.17) is 14.2 Å². The molecular weight excluding hydrogens is 318 g/mol. The van der Waals surface area contributed by atoms with Gasteiger partial charge < -0.3 is 19.5 Å². The van der Waals surface area contributed by atoms with Crippen LogP contribution in [0.15, 0.2) is 48.5 Å². The summed E-state index contributed by atoms with van der Waals surface area (Å²) < 4.78 is 15.9. The number of amides is 1. The molecule has 0 aliphatic heterocycles. The largest absolute Gasteiger partial charge is 0.497 e. The number of methoxy groups -OCH3 is 2. The van der Waals surface area contributed by atoms with E-state index < -0.39 is 0 Å². The third kappa shape index (κ3) is 5.36. The Labute approximate surface area is 148 Å². The molecule has 0 radical (unpaired) electrons. The van der Waals surface area contributed by atoms with Gasteiger partial charge in [-0.25, -0.2) is 0 Å². The summed E-state index contributed by atoms with van der Waals surface area (Å²) in [6.45, 7) is 3.02. The van der Waals surface area contributed by atoms with Gasteiger partial charge in [0.25, 0.3) is 0 Å². The van der Waals surface area contributed by atoms with E-state index >= 15 is 0 Å². The van der Waals surface area contributed by atoms with Gasteiger partial charge in [0.15, 0.2) is 0 Å². The molecule has 0 aromatic heterocycles. The third-order valence-corrected chi connectivity index (χ3v) is 3.59. The standard InChI is InChI=1S/C20H23NO4/c1-4-25-14-16-7-5-6-8-18(16)21-20(22)12-10-15-9-11-17(23-2)13-19(15)24-3/h5-13H,4,14H2,1-3H3,(H,21,22). The van der Waals surface area contributed by atoms with Crippen molar-refractivity contribution in [1.29, 1.82) is 0 Å². The summed E-state index contributed by atoms with van der Waals surface area (Å²) in [5.74, 6) is 1.12. The number of para-hydroxylation sites is 1. The number of anilines is 1. The molecule has 0 bridgehead atoms. The van der Waals surface area contributed by atoms with E-state index in [2.05, 4.69) is 5.32 Å². The van der Waals surface area contributed by atoms with E-state index in [1.807, 2.05) is 43.3 Å². The predicted molar refractivity (Wildman–Crippen MR) is 99.0 cm³/mol. The molecule has 0 aliphatic rings. The van der Waals surface area contributed by atoms with Crippen molar-refractivity contribution in [2.45, 2.75) is 13.5 Å². The molecule has 0 fully saturated rings. The maximum Gasteiger partial charge on any atom is 0.248 e. The summed E-state index contributed by atoms with van der Waals surface area (Å²) in [7, 11) is 3.17. The van der Waals surface area contributed by atoms with Gasteiger partial charge in [-0.3, -0.25) is 4.79 Å². The van der Waals surface area contributed by atoms with Crippen molar-refractivity contribution in [2.24, 2.45) is 0 Å². The number of hydrogen-bond donors (Lipinski definition) is 1. The molecule has 132 valence electrons. The van der Waals surface area contributed by atoms with Crippen molar-refractivity contribution in [1.82, 2.24) is 0 Å². The van der Waals surface area contributed by atoms with Crippen LogP contribution in [-0.4, -0.2) is 26.7 Å². The number of carbonyl (C=O) groups excluding carboxylic acids is 1. The zero-order valence-corrected chi connectivity index (χ0v) is 14.7. The second-order valence-corrected chi connectivity index (χ2v) is 5.22. The number of ether oxygens (including phenoxy) is 3. The van der Waals surface area contributed by atoms with E-state index in [9.17, 15) is 4.79 Å². The second kappa shape index (κ2) is 9.49. The van der Waals surface area contributed by atoms with Crippen LogP contribution < -0.4 is 14.8 Å². The van der Waals surface area contributed by atoms with Crippen LogP contribution >= 0.6 is 0 Å². The number of carbonyl (C=O) groups is 1. The first kappa shape index (κ1) is 18.5. The van der Waals surface area contributed by atoms with Crippen LogP contribution in [-0.2, 0) is 16.1 Å². The lowest BCUT2D eigenvalue weighted by Crippen LogP contribution is -2.10. The fourth-order valence-electron chi connectivity index (χ4n) is 2.28. The topological polar surface area (TPSA) is 56.8 Å². The molecule has 0 unspecified atom stereocenters. The van der Waals surface area contributed by atoms with Gasteiger partial charge in [0.05, 0.1) is 20.8 Å². The van der Waals surface area contributed by atoms with E-state index in [-0.39, 0.29) is 5.91 Å². The van der Waals surface area contributed by atoms with Gasteiger partial charge >= 0.3 is 0 Å². The average Bonchev–Trinajstić information content (AvgIpc) is 2.65. The molecule has 0 atom stereocenters. The minimum absolute atomic E-state index is 0.221. The fraction of sp³-hybridized carbons (Fsp3) is 0.250. The lowest BCUT2D eigenvalue weighted by molar-refractivity contribution is -0.111. The number of benzene rings is 2. The Hall–Kier alpha value is -2.79. The first-order valence-corrected chi connectivity index (χ1v) is 8.04. The summed E-state index contributed by atoms with van der Waals surface area (Å²) in [6.07, 6.45) is 3.18. The maximum absolute atomic E-state index is 12.2. The second-order valence-electron chi connectivity index (χ2n) is 5.22. The lowest BCUT2D eigenvalue weighted by Gasteiger charge is -2.10. The molecule has 0 aliphatic carbocycles. The molecule has 0 saturated heterocycles. The van der Waals surface area contributed by atoms with Crippen LogP contribution in [0.1, 0.15) is 18.1 Å². The quantitative estimate of drug-likeness (QED) is 0.740. The van der Waals surface area contributed by atoms with Crippen LogP contribution in [0.2, 0.25) is 0 Å². The Morgan fingerprint density at radius 2 is 1.92 bits per heavy atom. The Kier molecular flexibility index (Phi) is 7.04. The Bertz CT molecular complexity index is 740. The summed E-state index contributed by atoms with van der Waals surface area (Å²) >= 11 is 0. The molecular formula is C20H23NO4. The molecule has 1 N–H and O–H groups in total. The Morgan fingerprint density at radius 1 is 1.12 bits per heavy atom. The van der Waals surface area contributed by atoms with E-state index in [1.165, 1.54) is 6.08 Å². The summed E-state index contributed by atoms with van der Waals surface area (Å²) in [6, 6.07) is 13.0. The molecule has 0 saturated carbocycles. The first-order valence-electron chi connectivity index (χ1n) is 8.04. The molecule has 5 heteroatoms. The highest BCUT2D eigenvalue weighted by atomic mass is 16.5. The first-order chi connectivity index (χ1) is 12.2. The maximum atomic E-state index is 12.2. The average molecular weight is 341 g/mol. The van der Waals surface area contributed by atoms with Gasteiger partial charge in [-0.05, 0) is 31.2 Å². The minimum atomic E-state index is -0.221. The number of nitrogens with one attached hydrogen (secondary N) is 1. The van der Waals surface area contributed by atoms with E-state index in [1.54, 1.807) is 26.4 Å². The summed E-state index contributed by atoms with van der Waals surface area (Å²) in [4.78, 5) is 12.2. The van der Waals surface area contributed by atoms with Gasteiger partial charge in [-0.15, -0.1) is 0 Å². The zero-order chi connectivity index (χ0) is 18.1. The van der Waals surface area contributed by atoms with Crippen molar-refractivity contribution in [3.63, 3.8) is 0 Å². The normalized spacial score (nSPS) is 10.7.